The van der Waals surface area contributed by atoms with Gasteiger partial charge in [0.25, 0.3) is 5.91 Å². The summed E-state index contributed by atoms with van der Waals surface area (Å²) >= 11 is 6.05. The van der Waals surface area contributed by atoms with E-state index < -0.39 is 0 Å². The van der Waals surface area contributed by atoms with Crippen molar-refractivity contribution in [2.24, 2.45) is 0 Å². The first kappa shape index (κ1) is 18.9. The normalized spacial score (nSPS) is 15.8. The molecule has 0 amide bonds. The molecule has 26 heavy (non-hydrogen) atoms. The Labute approximate surface area is 164 Å². The van der Waals surface area contributed by atoms with Gasteiger partial charge in [0.05, 0.1) is 11.2 Å². The first-order chi connectivity index (χ1) is 12.1. The fraction of sp³-hybridized carbons (Fsp3) is 0.300. The molecule has 4 rings (SSSR count). The highest BCUT2D eigenvalue weighted by molar-refractivity contribution is 6.31. The van der Waals surface area contributed by atoms with Crippen molar-refractivity contribution in [3.8, 4) is 0 Å². The Hall–Kier alpha value is -1.88. The van der Waals surface area contributed by atoms with Gasteiger partial charge in [-0.3, -0.25) is 4.79 Å². The van der Waals surface area contributed by atoms with Gasteiger partial charge in [-0.2, -0.15) is 9.78 Å². The lowest BCUT2D eigenvalue weighted by Gasteiger charge is -2.28. The van der Waals surface area contributed by atoms with E-state index in [0.29, 0.717) is 16.5 Å². The number of carbonyl (C=O) groups excluding carboxylic acids is 1. The Morgan fingerprint density at radius 3 is 2.58 bits per heavy atom. The zero-order valence-electron chi connectivity index (χ0n) is 14.6. The zero-order valence-corrected chi connectivity index (χ0v) is 16.1. The predicted octanol–water partition coefficient (Wildman–Crippen LogP) is 4.61. The topological polar surface area (TPSA) is 38.1 Å². The fourth-order valence-corrected chi connectivity index (χ4v) is 3.76. The van der Waals surface area contributed by atoms with E-state index in [-0.39, 0.29) is 18.3 Å². The molecule has 2 aromatic carbocycles. The Bertz CT molecular complexity index is 930. The summed E-state index contributed by atoms with van der Waals surface area (Å²) in [7, 11) is 2.15. The second-order valence-corrected chi connectivity index (χ2v) is 7.14. The number of hydrogen-bond donors (Lipinski definition) is 0. The third-order valence-electron chi connectivity index (χ3n) is 4.99. The summed E-state index contributed by atoms with van der Waals surface area (Å²) in [4.78, 5) is 15.3. The Morgan fingerprint density at radius 2 is 1.85 bits per heavy atom. The van der Waals surface area contributed by atoms with Crippen molar-refractivity contribution >= 4 is 40.8 Å². The van der Waals surface area contributed by atoms with E-state index in [4.69, 9.17) is 16.7 Å². The molecule has 0 N–H and O–H groups in total. The van der Waals surface area contributed by atoms with Gasteiger partial charge in [-0.15, -0.1) is 12.4 Å². The Balaban J connectivity index is 0.00000196. The maximum atomic E-state index is 13.0. The molecule has 0 bridgehead atoms. The van der Waals surface area contributed by atoms with Gasteiger partial charge in [-0.1, -0.05) is 35.9 Å². The van der Waals surface area contributed by atoms with Crippen LogP contribution in [0, 0.1) is 0 Å². The number of nitrogens with zero attached hydrogens (tertiary/aromatic N) is 3. The van der Waals surface area contributed by atoms with Crippen LogP contribution < -0.4 is 0 Å². The second kappa shape index (κ2) is 7.78. The van der Waals surface area contributed by atoms with Crippen molar-refractivity contribution in [1.82, 2.24) is 14.7 Å². The van der Waals surface area contributed by atoms with Gasteiger partial charge in [0.2, 0.25) is 0 Å². The summed E-state index contributed by atoms with van der Waals surface area (Å²) < 4.78 is 1.54. The SMILES string of the molecule is CN1CCC(c2nn(C(=O)c3cccc(Cl)c3)c3ccccc23)CC1.Cl. The lowest BCUT2D eigenvalue weighted by Crippen LogP contribution is -2.29. The maximum Gasteiger partial charge on any atom is 0.278 e. The number of carbonyl (C=O) groups is 1. The van der Waals surface area contributed by atoms with E-state index in [9.17, 15) is 4.79 Å². The van der Waals surface area contributed by atoms with Gasteiger partial charge in [-0.05, 0) is 57.2 Å². The summed E-state index contributed by atoms with van der Waals surface area (Å²) in [5, 5.41) is 6.38. The van der Waals surface area contributed by atoms with Gasteiger partial charge in [0, 0.05) is 21.9 Å². The summed E-state index contributed by atoms with van der Waals surface area (Å²) in [6, 6.07) is 15.0. The maximum absolute atomic E-state index is 13.0. The predicted molar refractivity (Wildman–Crippen MR) is 108 cm³/mol. The summed E-state index contributed by atoms with van der Waals surface area (Å²) in [5.41, 5.74) is 2.45. The van der Waals surface area contributed by atoms with Crippen LogP contribution >= 0.6 is 24.0 Å². The summed E-state index contributed by atoms with van der Waals surface area (Å²) in [5.74, 6) is 0.257. The highest BCUT2D eigenvalue weighted by Crippen LogP contribution is 2.32. The van der Waals surface area contributed by atoms with Crippen molar-refractivity contribution in [2.75, 3.05) is 20.1 Å². The number of aromatic nitrogens is 2. The number of para-hydroxylation sites is 1. The molecule has 1 aliphatic rings. The molecule has 6 heteroatoms. The van der Waals surface area contributed by atoms with E-state index in [1.807, 2.05) is 18.2 Å². The molecular weight excluding hydrogens is 369 g/mol. The minimum atomic E-state index is -0.141. The first-order valence-corrected chi connectivity index (χ1v) is 8.98. The standard InChI is InChI=1S/C20H20ClN3O.ClH/c1-23-11-9-14(10-12-23)19-17-7-2-3-8-18(17)24(22-19)20(25)15-5-4-6-16(21)13-15;/h2-8,13-14H,9-12H2,1H3;1H. The van der Waals surface area contributed by atoms with Gasteiger partial charge in [-0.25, -0.2) is 0 Å². The molecule has 0 aliphatic carbocycles. The van der Waals surface area contributed by atoms with E-state index in [2.05, 4.69) is 18.0 Å². The Kier molecular flexibility index (Phi) is 5.66. The number of likely N-dealkylation sites (tertiary alicyclic amines) is 1. The highest BCUT2D eigenvalue weighted by Gasteiger charge is 2.25. The molecule has 2 heterocycles. The molecule has 1 aromatic heterocycles. The van der Waals surface area contributed by atoms with Crippen LogP contribution in [0.5, 0.6) is 0 Å². The average Bonchev–Trinajstić information content (AvgIpc) is 3.01. The zero-order chi connectivity index (χ0) is 17.4. The van der Waals surface area contributed by atoms with Crippen LogP contribution in [0.3, 0.4) is 0 Å². The Morgan fingerprint density at radius 1 is 1.12 bits per heavy atom. The second-order valence-electron chi connectivity index (χ2n) is 6.71. The minimum Gasteiger partial charge on any atom is -0.306 e. The molecule has 4 nitrogen and oxygen atoms in total. The number of piperidine rings is 1. The average molecular weight is 390 g/mol. The van der Waals surface area contributed by atoms with Crippen LogP contribution in [0.15, 0.2) is 48.5 Å². The third kappa shape index (κ3) is 3.50. The molecule has 3 aromatic rings. The number of fused-ring (bicyclic) bond motifs is 1. The van der Waals surface area contributed by atoms with Gasteiger partial charge < -0.3 is 4.90 Å². The first-order valence-electron chi connectivity index (χ1n) is 8.60. The van der Waals surface area contributed by atoms with Crippen molar-refractivity contribution in [3.63, 3.8) is 0 Å². The number of rotatable bonds is 2. The summed E-state index contributed by atoms with van der Waals surface area (Å²) in [6.45, 7) is 2.13. The van der Waals surface area contributed by atoms with Gasteiger partial charge in [0.1, 0.15) is 0 Å². The molecule has 0 unspecified atom stereocenters. The van der Waals surface area contributed by atoms with Crippen LogP contribution in [0.2, 0.25) is 5.02 Å². The molecule has 1 aliphatic heterocycles. The highest BCUT2D eigenvalue weighted by atomic mass is 35.5. The molecule has 0 saturated carbocycles. The number of hydrogen-bond acceptors (Lipinski definition) is 3. The minimum absolute atomic E-state index is 0. The quantitative estimate of drug-likeness (QED) is 0.642. The van der Waals surface area contributed by atoms with Crippen LogP contribution in [0.1, 0.15) is 34.8 Å². The van der Waals surface area contributed by atoms with Crippen LogP contribution in [0.25, 0.3) is 10.9 Å². The van der Waals surface area contributed by atoms with E-state index >= 15 is 0 Å². The monoisotopic (exact) mass is 389 g/mol. The summed E-state index contributed by atoms with van der Waals surface area (Å²) in [6.07, 6.45) is 2.14. The van der Waals surface area contributed by atoms with Crippen molar-refractivity contribution in [3.05, 3.63) is 64.8 Å². The number of benzene rings is 2. The largest absolute Gasteiger partial charge is 0.306 e. The third-order valence-corrected chi connectivity index (χ3v) is 5.22. The van der Waals surface area contributed by atoms with Crippen LogP contribution in [0.4, 0.5) is 0 Å². The molecular formula is C20H21Cl2N3O. The molecule has 1 fully saturated rings. The lowest BCUT2D eigenvalue weighted by molar-refractivity contribution is 0.0949. The molecule has 136 valence electrons. The van der Waals surface area contributed by atoms with Crippen molar-refractivity contribution in [2.45, 2.75) is 18.8 Å². The lowest BCUT2D eigenvalue weighted by atomic mass is 9.92. The van der Waals surface area contributed by atoms with Gasteiger partial charge in [0.15, 0.2) is 0 Å². The van der Waals surface area contributed by atoms with Crippen molar-refractivity contribution < 1.29 is 4.79 Å². The van der Waals surface area contributed by atoms with Crippen LogP contribution in [-0.4, -0.2) is 40.7 Å². The van der Waals surface area contributed by atoms with E-state index in [1.165, 1.54) is 4.68 Å². The van der Waals surface area contributed by atoms with Gasteiger partial charge >= 0.3 is 0 Å². The molecule has 0 atom stereocenters. The molecule has 0 spiro atoms. The fourth-order valence-electron chi connectivity index (χ4n) is 3.57. The van der Waals surface area contributed by atoms with E-state index in [0.717, 1.165) is 42.5 Å². The molecule has 1 saturated heterocycles. The molecule has 0 radical (unpaired) electrons. The van der Waals surface area contributed by atoms with Crippen molar-refractivity contribution in [1.29, 1.82) is 0 Å². The van der Waals surface area contributed by atoms with E-state index in [1.54, 1.807) is 24.3 Å². The number of halogens is 2. The smallest absolute Gasteiger partial charge is 0.278 e. The van der Waals surface area contributed by atoms with Crippen LogP contribution in [-0.2, 0) is 0 Å².